The molecule has 0 saturated heterocycles. The van der Waals surface area contributed by atoms with Crippen molar-refractivity contribution >= 4 is 5.91 Å². The zero-order valence-corrected chi connectivity index (χ0v) is 11.6. The molecule has 1 amide bonds. The molecule has 1 aromatic rings. The summed E-state index contributed by atoms with van der Waals surface area (Å²) in [6.45, 7) is -0.346. The van der Waals surface area contributed by atoms with Crippen LogP contribution in [0.15, 0.2) is 18.2 Å². The molecule has 0 radical (unpaired) electrons. The monoisotopic (exact) mass is 291 g/mol. The first-order chi connectivity index (χ1) is 10.1. The standard InChI is InChI=1S/C16H18FNO3/c17-13-10-12(8-7-11(13)4-3-9-19)16(21)18-14-5-1-2-6-15(14)20/h7-8,10,14-15,19-20H,1-2,5-6,9H2,(H,18,21). The van der Waals surface area contributed by atoms with Gasteiger partial charge in [-0.3, -0.25) is 4.79 Å². The number of benzene rings is 1. The summed E-state index contributed by atoms with van der Waals surface area (Å²) in [6, 6.07) is 3.73. The van der Waals surface area contributed by atoms with Gasteiger partial charge in [0.05, 0.1) is 17.7 Å². The molecule has 2 atom stereocenters. The molecule has 3 N–H and O–H groups in total. The van der Waals surface area contributed by atoms with Gasteiger partial charge in [0, 0.05) is 5.56 Å². The lowest BCUT2D eigenvalue weighted by atomic mass is 9.92. The maximum absolute atomic E-state index is 13.8. The number of carbonyl (C=O) groups is 1. The number of aliphatic hydroxyl groups is 2. The Balaban J connectivity index is 2.07. The Bertz CT molecular complexity index is 577. The minimum Gasteiger partial charge on any atom is -0.391 e. The van der Waals surface area contributed by atoms with E-state index < -0.39 is 17.8 Å². The maximum atomic E-state index is 13.8. The van der Waals surface area contributed by atoms with Crippen molar-refractivity contribution < 1.29 is 19.4 Å². The van der Waals surface area contributed by atoms with E-state index in [0.717, 1.165) is 25.3 Å². The molecule has 0 bridgehead atoms. The summed E-state index contributed by atoms with van der Waals surface area (Å²) in [7, 11) is 0. The third kappa shape index (κ3) is 4.03. The lowest BCUT2D eigenvalue weighted by Crippen LogP contribution is -2.45. The van der Waals surface area contributed by atoms with Crippen molar-refractivity contribution in [1.29, 1.82) is 0 Å². The van der Waals surface area contributed by atoms with Gasteiger partial charge in [-0.1, -0.05) is 24.7 Å². The highest BCUT2D eigenvalue weighted by atomic mass is 19.1. The topological polar surface area (TPSA) is 69.6 Å². The molecule has 1 aliphatic rings. The summed E-state index contributed by atoms with van der Waals surface area (Å²) in [5, 5.41) is 21.2. The minimum atomic E-state index is -0.604. The molecule has 2 unspecified atom stereocenters. The van der Waals surface area contributed by atoms with Crippen LogP contribution >= 0.6 is 0 Å². The smallest absolute Gasteiger partial charge is 0.251 e. The summed E-state index contributed by atoms with van der Waals surface area (Å²) < 4.78 is 13.8. The average molecular weight is 291 g/mol. The molecular weight excluding hydrogens is 273 g/mol. The quantitative estimate of drug-likeness (QED) is 0.717. The molecule has 0 aliphatic heterocycles. The highest BCUT2D eigenvalue weighted by molar-refractivity contribution is 5.94. The van der Waals surface area contributed by atoms with Gasteiger partial charge in [0.15, 0.2) is 0 Å². The Hall–Kier alpha value is -1.90. The number of amides is 1. The molecule has 112 valence electrons. The number of carbonyl (C=O) groups excluding carboxylic acids is 1. The van der Waals surface area contributed by atoms with Gasteiger partial charge >= 0.3 is 0 Å². The molecule has 0 aromatic heterocycles. The molecule has 0 heterocycles. The summed E-state index contributed by atoms with van der Waals surface area (Å²) >= 11 is 0. The maximum Gasteiger partial charge on any atom is 0.251 e. The molecule has 5 heteroatoms. The highest BCUT2D eigenvalue weighted by Crippen LogP contribution is 2.19. The van der Waals surface area contributed by atoms with Crippen LogP contribution in [0.4, 0.5) is 4.39 Å². The number of rotatable bonds is 2. The largest absolute Gasteiger partial charge is 0.391 e. The van der Waals surface area contributed by atoms with Crippen LogP contribution in [-0.4, -0.2) is 34.9 Å². The van der Waals surface area contributed by atoms with E-state index in [-0.39, 0.29) is 23.8 Å². The second kappa shape index (κ2) is 7.21. The van der Waals surface area contributed by atoms with Gasteiger partial charge in [0.1, 0.15) is 12.4 Å². The van der Waals surface area contributed by atoms with E-state index in [4.69, 9.17) is 5.11 Å². The Morgan fingerprint density at radius 1 is 1.38 bits per heavy atom. The van der Waals surface area contributed by atoms with Gasteiger partial charge in [-0.15, -0.1) is 0 Å². The molecule has 0 spiro atoms. The summed E-state index contributed by atoms with van der Waals surface area (Å²) in [5.41, 5.74) is 0.332. The third-order valence-corrected chi connectivity index (χ3v) is 3.58. The van der Waals surface area contributed by atoms with Crippen molar-refractivity contribution in [2.75, 3.05) is 6.61 Å². The molecule has 1 fully saturated rings. The number of hydrogen-bond donors (Lipinski definition) is 3. The molecule has 4 nitrogen and oxygen atoms in total. The second-order valence-electron chi connectivity index (χ2n) is 5.09. The second-order valence-corrected chi connectivity index (χ2v) is 5.09. The normalized spacial score (nSPS) is 21.3. The molecule has 21 heavy (non-hydrogen) atoms. The molecule has 1 aromatic carbocycles. The van der Waals surface area contributed by atoms with Crippen LogP contribution in [0.3, 0.4) is 0 Å². The van der Waals surface area contributed by atoms with Gasteiger partial charge in [-0.25, -0.2) is 4.39 Å². The van der Waals surface area contributed by atoms with Crippen molar-refractivity contribution in [3.63, 3.8) is 0 Å². The highest BCUT2D eigenvalue weighted by Gasteiger charge is 2.25. The van der Waals surface area contributed by atoms with Crippen molar-refractivity contribution in [2.24, 2.45) is 0 Å². The molecule has 1 aliphatic carbocycles. The van der Waals surface area contributed by atoms with E-state index in [9.17, 15) is 14.3 Å². The Morgan fingerprint density at radius 3 is 2.81 bits per heavy atom. The van der Waals surface area contributed by atoms with Gasteiger partial charge in [0.2, 0.25) is 0 Å². The average Bonchev–Trinajstić information content (AvgIpc) is 2.48. The van der Waals surface area contributed by atoms with Crippen molar-refractivity contribution in [2.45, 2.75) is 37.8 Å². The van der Waals surface area contributed by atoms with E-state index in [1.165, 1.54) is 12.1 Å². The van der Waals surface area contributed by atoms with Gasteiger partial charge < -0.3 is 15.5 Å². The van der Waals surface area contributed by atoms with E-state index in [2.05, 4.69) is 17.2 Å². The summed E-state index contributed by atoms with van der Waals surface area (Å²) in [4.78, 5) is 12.1. The van der Waals surface area contributed by atoms with E-state index in [1.807, 2.05) is 0 Å². The van der Waals surface area contributed by atoms with E-state index in [1.54, 1.807) is 0 Å². The van der Waals surface area contributed by atoms with Gasteiger partial charge in [-0.2, -0.15) is 0 Å². The number of hydrogen-bond acceptors (Lipinski definition) is 3. The van der Waals surface area contributed by atoms with Crippen LogP contribution in [0, 0.1) is 17.7 Å². The zero-order valence-electron chi connectivity index (χ0n) is 11.6. The third-order valence-electron chi connectivity index (χ3n) is 3.58. The Morgan fingerprint density at radius 2 is 2.14 bits per heavy atom. The lowest BCUT2D eigenvalue weighted by Gasteiger charge is -2.28. The fraction of sp³-hybridized carbons (Fsp3) is 0.438. The first-order valence-electron chi connectivity index (χ1n) is 7.00. The summed E-state index contributed by atoms with van der Waals surface area (Å²) in [5.74, 6) is 3.82. The molecular formula is C16H18FNO3. The van der Waals surface area contributed by atoms with Crippen LogP contribution < -0.4 is 5.32 Å². The Labute approximate surface area is 123 Å². The van der Waals surface area contributed by atoms with Crippen LogP contribution in [-0.2, 0) is 0 Å². The number of nitrogens with one attached hydrogen (secondary N) is 1. The predicted octanol–water partition coefficient (Wildman–Crippen LogP) is 1.20. The SMILES string of the molecule is O=C(NC1CCCCC1O)c1ccc(C#CCO)c(F)c1. The van der Waals surface area contributed by atoms with Crippen molar-refractivity contribution in [3.05, 3.63) is 35.1 Å². The minimum absolute atomic E-state index is 0.137. The number of aliphatic hydroxyl groups excluding tert-OH is 2. The fourth-order valence-electron chi connectivity index (χ4n) is 2.42. The fourth-order valence-corrected chi connectivity index (χ4v) is 2.42. The molecule has 1 saturated carbocycles. The van der Waals surface area contributed by atoms with E-state index >= 15 is 0 Å². The van der Waals surface area contributed by atoms with Crippen molar-refractivity contribution in [3.8, 4) is 11.8 Å². The Kier molecular flexibility index (Phi) is 5.32. The van der Waals surface area contributed by atoms with Crippen LogP contribution in [0.5, 0.6) is 0 Å². The van der Waals surface area contributed by atoms with Gasteiger partial charge in [-0.05, 0) is 31.0 Å². The van der Waals surface area contributed by atoms with Gasteiger partial charge in [0.25, 0.3) is 5.91 Å². The van der Waals surface area contributed by atoms with Crippen LogP contribution in [0.1, 0.15) is 41.6 Å². The predicted molar refractivity (Wildman–Crippen MR) is 76.1 cm³/mol. The van der Waals surface area contributed by atoms with Crippen LogP contribution in [0.2, 0.25) is 0 Å². The summed E-state index contributed by atoms with van der Waals surface area (Å²) in [6.07, 6.45) is 2.79. The first kappa shape index (κ1) is 15.5. The molecule has 2 rings (SSSR count). The van der Waals surface area contributed by atoms with Crippen molar-refractivity contribution in [1.82, 2.24) is 5.32 Å². The first-order valence-corrected chi connectivity index (χ1v) is 7.00. The number of halogens is 1. The zero-order chi connectivity index (χ0) is 15.2. The lowest BCUT2D eigenvalue weighted by molar-refractivity contribution is 0.0717. The van der Waals surface area contributed by atoms with Crippen LogP contribution in [0.25, 0.3) is 0 Å². The van der Waals surface area contributed by atoms with E-state index in [0.29, 0.717) is 6.42 Å².